The minimum Gasteiger partial charge on any atom is -0.221 e. The molecule has 2 rings (SSSR count). The third-order valence-corrected chi connectivity index (χ3v) is 3.39. The van der Waals surface area contributed by atoms with E-state index in [1.54, 1.807) is 22.9 Å². The van der Waals surface area contributed by atoms with Crippen LogP contribution < -0.4 is 9.05 Å². The number of hydrogen-bond donors (Lipinski definition) is 0. The molecule has 0 saturated carbocycles. The monoisotopic (exact) mass is 245 g/mol. The van der Waals surface area contributed by atoms with E-state index in [-0.39, 0.29) is 0 Å². The topological polar surface area (TPSA) is 35.5 Å². The molecule has 0 spiro atoms. The summed E-state index contributed by atoms with van der Waals surface area (Å²) >= 11 is 2.97. The lowest BCUT2D eigenvalue weighted by Gasteiger charge is -1.86. The molecule has 0 aliphatic heterocycles. The van der Waals surface area contributed by atoms with E-state index in [9.17, 15) is 4.57 Å². The third-order valence-electron chi connectivity index (χ3n) is 1.35. The van der Waals surface area contributed by atoms with E-state index >= 15 is 0 Å². The van der Waals surface area contributed by atoms with Gasteiger partial charge in [-0.3, -0.25) is 0 Å². The summed E-state index contributed by atoms with van der Waals surface area (Å²) in [6.45, 7) is 0. The molecule has 0 radical (unpaired) electrons. The fourth-order valence-electron chi connectivity index (χ4n) is 0.799. The lowest BCUT2D eigenvalue weighted by molar-refractivity contribution is 0.417. The molecule has 0 aromatic carbocycles. The summed E-state index contributed by atoms with van der Waals surface area (Å²) in [7, 11) is -2.12. The quantitative estimate of drug-likeness (QED) is 0.766. The molecule has 2 aromatic heterocycles. The van der Waals surface area contributed by atoms with Gasteiger partial charge in [-0.15, -0.1) is 22.7 Å². The minimum atomic E-state index is -2.12. The average Bonchev–Trinajstić information content (AvgIpc) is 2.76. The predicted molar refractivity (Wildman–Crippen MR) is 57.5 cm³/mol. The van der Waals surface area contributed by atoms with E-state index in [2.05, 4.69) is 0 Å². The molecule has 3 nitrogen and oxygen atoms in total. The van der Waals surface area contributed by atoms with Crippen LogP contribution in [-0.4, -0.2) is 0 Å². The molecule has 0 aliphatic carbocycles. The zero-order valence-electron chi connectivity index (χ0n) is 6.95. The largest absolute Gasteiger partial charge is 0.805 e. The third kappa shape index (κ3) is 2.54. The standard InChI is InChI=1S/C8H6O3PS2/c9-12(10-7-1-3-13-5-7)11-8-2-4-14-6-8/h1-6H/q+1. The van der Waals surface area contributed by atoms with E-state index in [0.717, 1.165) is 0 Å². The first-order chi connectivity index (χ1) is 6.84. The van der Waals surface area contributed by atoms with Crippen LogP contribution in [0.2, 0.25) is 0 Å². The first-order valence-electron chi connectivity index (χ1n) is 3.72. The van der Waals surface area contributed by atoms with E-state index in [4.69, 9.17) is 9.05 Å². The molecule has 0 amide bonds. The summed E-state index contributed by atoms with van der Waals surface area (Å²) in [5.74, 6) is 1.15. The number of thiophene rings is 2. The Labute approximate surface area is 89.9 Å². The van der Waals surface area contributed by atoms with E-state index < -0.39 is 8.25 Å². The van der Waals surface area contributed by atoms with Crippen LogP contribution in [-0.2, 0) is 4.57 Å². The maximum Gasteiger partial charge on any atom is 0.805 e. The van der Waals surface area contributed by atoms with Gasteiger partial charge in [0, 0.05) is 15.3 Å². The van der Waals surface area contributed by atoms with Crippen molar-refractivity contribution in [3.63, 3.8) is 0 Å². The fraction of sp³-hybridized carbons (Fsp3) is 0. The summed E-state index contributed by atoms with van der Waals surface area (Å²) in [4.78, 5) is 0. The van der Waals surface area contributed by atoms with Crippen LogP contribution in [0, 0.1) is 0 Å². The number of hydrogen-bond acceptors (Lipinski definition) is 5. The second-order valence-electron chi connectivity index (χ2n) is 2.32. The summed E-state index contributed by atoms with van der Waals surface area (Å²) in [6, 6.07) is 3.49. The second kappa shape index (κ2) is 4.55. The van der Waals surface area contributed by atoms with Crippen molar-refractivity contribution in [2.75, 3.05) is 0 Å². The maximum atomic E-state index is 11.3. The second-order valence-corrected chi connectivity index (χ2v) is 4.70. The zero-order chi connectivity index (χ0) is 9.80. The molecule has 0 fully saturated rings. The zero-order valence-corrected chi connectivity index (χ0v) is 9.48. The molecule has 6 heteroatoms. The molecule has 0 bridgehead atoms. The molecule has 2 heterocycles. The Balaban J connectivity index is 1.91. The van der Waals surface area contributed by atoms with Crippen molar-refractivity contribution in [3.8, 4) is 11.5 Å². The highest BCUT2D eigenvalue weighted by atomic mass is 32.1. The molecule has 72 valence electrons. The van der Waals surface area contributed by atoms with Gasteiger partial charge in [-0.2, -0.15) is 0 Å². The maximum absolute atomic E-state index is 11.3. The van der Waals surface area contributed by atoms with Gasteiger partial charge in [-0.05, 0) is 22.9 Å². The SMILES string of the molecule is O=[P+](Oc1ccsc1)Oc1ccsc1. The van der Waals surface area contributed by atoms with Gasteiger partial charge >= 0.3 is 8.25 Å². The van der Waals surface area contributed by atoms with Crippen molar-refractivity contribution in [2.24, 2.45) is 0 Å². The van der Waals surface area contributed by atoms with Crippen molar-refractivity contribution in [3.05, 3.63) is 33.7 Å². The molecule has 0 aliphatic rings. The molecular weight excluding hydrogens is 239 g/mol. The normalized spacial score (nSPS) is 9.71. The van der Waals surface area contributed by atoms with Gasteiger partial charge in [-0.25, -0.2) is 9.05 Å². The van der Waals surface area contributed by atoms with Crippen LogP contribution in [0.25, 0.3) is 0 Å². The smallest absolute Gasteiger partial charge is 0.221 e. The Morgan fingerprint density at radius 2 is 1.50 bits per heavy atom. The fourth-order valence-corrected chi connectivity index (χ4v) is 2.65. The molecule has 14 heavy (non-hydrogen) atoms. The van der Waals surface area contributed by atoms with Gasteiger partial charge in [0.15, 0.2) is 0 Å². The van der Waals surface area contributed by atoms with Gasteiger partial charge in [0.05, 0.1) is 0 Å². The predicted octanol–water partition coefficient (Wildman–Crippen LogP) is 3.92. The van der Waals surface area contributed by atoms with Crippen molar-refractivity contribution < 1.29 is 13.6 Å². The Kier molecular flexibility index (Phi) is 3.14. The molecule has 0 atom stereocenters. The molecule has 0 saturated heterocycles. The Morgan fingerprint density at radius 3 is 1.86 bits per heavy atom. The molecule has 0 unspecified atom stereocenters. The van der Waals surface area contributed by atoms with Crippen LogP contribution in [0.15, 0.2) is 33.7 Å². The highest BCUT2D eigenvalue weighted by Crippen LogP contribution is 2.32. The molecule has 2 aromatic rings. The summed E-state index contributed by atoms with van der Waals surface area (Å²) in [6.07, 6.45) is 0. The van der Waals surface area contributed by atoms with Gasteiger partial charge in [-0.1, -0.05) is 0 Å². The van der Waals surface area contributed by atoms with Gasteiger partial charge < -0.3 is 0 Å². The summed E-state index contributed by atoms with van der Waals surface area (Å²) in [5, 5.41) is 7.24. The van der Waals surface area contributed by atoms with Crippen molar-refractivity contribution in [1.29, 1.82) is 0 Å². The molecular formula is C8H6O3PS2+. The Morgan fingerprint density at radius 1 is 1.00 bits per heavy atom. The average molecular weight is 245 g/mol. The lowest BCUT2D eigenvalue weighted by Crippen LogP contribution is -1.85. The first-order valence-corrected chi connectivity index (χ1v) is 6.70. The van der Waals surface area contributed by atoms with Crippen LogP contribution >= 0.6 is 30.9 Å². The van der Waals surface area contributed by atoms with E-state index in [0.29, 0.717) is 11.5 Å². The van der Waals surface area contributed by atoms with E-state index in [1.165, 1.54) is 22.7 Å². The van der Waals surface area contributed by atoms with Crippen molar-refractivity contribution in [1.82, 2.24) is 0 Å². The summed E-state index contributed by atoms with van der Waals surface area (Å²) in [5.41, 5.74) is 0. The van der Waals surface area contributed by atoms with Crippen LogP contribution in [0.5, 0.6) is 11.5 Å². The highest BCUT2D eigenvalue weighted by Gasteiger charge is 2.24. The highest BCUT2D eigenvalue weighted by molar-refractivity contribution is 7.34. The Bertz CT molecular complexity index is 358. The van der Waals surface area contributed by atoms with Crippen molar-refractivity contribution in [2.45, 2.75) is 0 Å². The molecule has 0 N–H and O–H groups in total. The van der Waals surface area contributed by atoms with E-state index in [1.807, 2.05) is 10.8 Å². The van der Waals surface area contributed by atoms with Gasteiger partial charge in [0.1, 0.15) is 0 Å². The number of rotatable bonds is 4. The van der Waals surface area contributed by atoms with Crippen LogP contribution in [0.3, 0.4) is 0 Å². The van der Waals surface area contributed by atoms with Gasteiger partial charge in [0.25, 0.3) is 0 Å². The first kappa shape index (κ1) is 9.65. The summed E-state index contributed by atoms with van der Waals surface area (Å²) < 4.78 is 21.4. The van der Waals surface area contributed by atoms with Gasteiger partial charge in [0.2, 0.25) is 11.5 Å². The lowest BCUT2D eigenvalue weighted by atomic mass is 10.6. The van der Waals surface area contributed by atoms with Crippen LogP contribution in [0.1, 0.15) is 0 Å². The Hall–Kier alpha value is -0.900. The van der Waals surface area contributed by atoms with Crippen molar-refractivity contribution >= 4 is 30.9 Å². The van der Waals surface area contributed by atoms with Crippen LogP contribution in [0.4, 0.5) is 0 Å². The minimum absolute atomic E-state index is 0.575.